The van der Waals surface area contributed by atoms with Gasteiger partial charge < -0.3 is 40.7 Å². The van der Waals surface area contributed by atoms with Gasteiger partial charge in [-0.15, -0.1) is 0 Å². The van der Waals surface area contributed by atoms with E-state index in [2.05, 4.69) is 51.9 Å². The Hall–Kier alpha value is -5.60. The van der Waals surface area contributed by atoms with Crippen LogP contribution in [0.2, 0.25) is 0 Å². The second-order valence-electron chi connectivity index (χ2n) is 21.5. The maximum absolute atomic E-state index is 13.8. The summed E-state index contributed by atoms with van der Waals surface area (Å²) < 4.78 is 107. The molecule has 5 atom stereocenters. The van der Waals surface area contributed by atoms with Gasteiger partial charge in [0, 0.05) is 90.7 Å². The van der Waals surface area contributed by atoms with Gasteiger partial charge in [0.05, 0.1) is 17.1 Å². The summed E-state index contributed by atoms with van der Waals surface area (Å²) in [7, 11) is -13.5. The highest BCUT2D eigenvalue weighted by atomic mass is 32.2. The van der Waals surface area contributed by atoms with Crippen molar-refractivity contribution in [3.63, 3.8) is 0 Å². The first kappa shape index (κ1) is 54.0. The predicted molar refractivity (Wildman–Crippen MR) is 290 cm³/mol. The number of hydrogen-bond donors (Lipinski definition) is 7. The van der Waals surface area contributed by atoms with Crippen LogP contribution in [0.3, 0.4) is 0 Å². The number of anilines is 3. The van der Waals surface area contributed by atoms with Gasteiger partial charge in [-0.25, -0.2) is 37.2 Å². The Morgan fingerprint density at radius 3 is 2.43 bits per heavy atom. The van der Waals surface area contributed by atoms with E-state index in [1.807, 2.05) is 0 Å². The molecule has 9 heterocycles. The van der Waals surface area contributed by atoms with Crippen LogP contribution in [0.5, 0.6) is 11.5 Å². The molecule has 8 N–H and O–H groups in total. The van der Waals surface area contributed by atoms with Crippen molar-refractivity contribution in [2.24, 2.45) is 0 Å². The van der Waals surface area contributed by atoms with Gasteiger partial charge in [0.1, 0.15) is 54.1 Å². The normalized spacial score (nSPS) is 23.1. The van der Waals surface area contributed by atoms with Gasteiger partial charge in [0.2, 0.25) is 27.2 Å². The smallest absolute Gasteiger partial charge is 0.455 e. The second-order valence-corrected chi connectivity index (χ2v) is 26.1. The summed E-state index contributed by atoms with van der Waals surface area (Å²) in [4.78, 5) is 37.1. The molecule has 0 saturated carbocycles. The number of ether oxygens (including phenoxy) is 2. The molecular weight excluding hydrogens is 1080 g/mol. The molecule has 79 heavy (non-hydrogen) atoms. The van der Waals surface area contributed by atoms with Gasteiger partial charge in [0.25, 0.3) is 10.1 Å². The number of aryl methyl sites for hydroxylation is 2. The second kappa shape index (κ2) is 21.7. The Balaban J connectivity index is 0.642. The lowest BCUT2D eigenvalue weighted by atomic mass is 9.82. The van der Waals surface area contributed by atoms with E-state index in [1.54, 1.807) is 0 Å². The van der Waals surface area contributed by atoms with Gasteiger partial charge in [-0.05, 0) is 94.0 Å². The Bertz CT molecular complexity index is 3690. The minimum absolute atomic E-state index is 0.0594. The molecule has 0 aliphatic carbocycles. The van der Waals surface area contributed by atoms with Crippen molar-refractivity contribution in [3.8, 4) is 11.5 Å². The van der Waals surface area contributed by atoms with Crippen molar-refractivity contribution in [1.29, 1.82) is 0 Å². The van der Waals surface area contributed by atoms with Crippen LogP contribution in [-0.4, -0.2) is 128 Å². The molecule has 1 unspecified atom stereocenters. The van der Waals surface area contributed by atoms with Gasteiger partial charge in [-0.3, -0.25) is 23.0 Å². The molecule has 2 saturated heterocycles. The molecule has 422 valence electrons. The summed E-state index contributed by atoms with van der Waals surface area (Å²) in [6.07, 6.45) is 9.14. The van der Waals surface area contributed by atoms with E-state index in [0.29, 0.717) is 61.0 Å². The van der Waals surface area contributed by atoms with Crippen LogP contribution < -0.4 is 45.9 Å². The number of carbonyl (C=O) groups excluding carboxylic acids is 1. The number of rotatable bonds is 19. The number of phosphoric acid groups is 1. The van der Waals surface area contributed by atoms with Crippen molar-refractivity contribution in [3.05, 3.63) is 80.6 Å². The van der Waals surface area contributed by atoms with Crippen LogP contribution in [0.1, 0.15) is 117 Å². The number of benzene rings is 3. The highest BCUT2D eigenvalue weighted by Gasteiger charge is 2.53. The molecule has 26 heteroatoms. The molecule has 2 aromatic heterocycles. The zero-order chi connectivity index (χ0) is 54.8. The van der Waals surface area contributed by atoms with E-state index in [4.69, 9.17) is 24.3 Å². The number of nitrogens with one attached hydrogen (secondary N) is 3. The Labute approximate surface area is 457 Å². The summed E-state index contributed by atoms with van der Waals surface area (Å²) in [5.74, 6) is 1.75. The quantitative estimate of drug-likeness (QED) is 0.0264. The molecule has 3 aromatic carbocycles. The zero-order valence-corrected chi connectivity index (χ0v) is 46.2. The Morgan fingerprint density at radius 2 is 1.61 bits per heavy atom. The third-order valence-corrected chi connectivity index (χ3v) is 19.6. The number of nitrogen functional groups attached to an aromatic ring is 1. The fourth-order valence-electron chi connectivity index (χ4n) is 12.7. The monoisotopic (exact) mass is 1150 g/mol. The number of carbonyl (C=O) groups is 1. The molecule has 2 fully saturated rings. The predicted octanol–water partition coefficient (Wildman–Crippen LogP) is 3.49. The number of aliphatic hydroxyl groups is 1. The lowest BCUT2D eigenvalue weighted by molar-refractivity contribution is -0.121. The van der Waals surface area contributed by atoms with Gasteiger partial charge in [-0.2, -0.15) is 8.42 Å². The average molecular weight is 1150 g/mol. The van der Waals surface area contributed by atoms with Crippen molar-refractivity contribution in [1.82, 2.24) is 34.1 Å². The number of hydrogen-bond acceptors (Lipinski definition) is 17. The first-order valence-corrected chi connectivity index (χ1v) is 32.0. The van der Waals surface area contributed by atoms with Gasteiger partial charge in [-0.1, -0.05) is 25.3 Å². The summed E-state index contributed by atoms with van der Waals surface area (Å²) in [6, 6.07) is 8.26. The van der Waals surface area contributed by atoms with E-state index < -0.39 is 57.4 Å². The lowest BCUT2D eigenvalue weighted by Gasteiger charge is -2.39. The number of amides is 1. The number of aliphatic hydroxyl groups excluding tert-OH is 1. The van der Waals surface area contributed by atoms with Crippen LogP contribution in [-0.2, 0) is 69.0 Å². The van der Waals surface area contributed by atoms with E-state index in [1.165, 1.54) is 45.2 Å². The minimum atomic E-state index is -4.96. The summed E-state index contributed by atoms with van der Waals surface area (Å²) >= 11 is 0. The molecule has 7 aliphatic rings. The molecule has 0 radical (unpaired) electrons. The van der Waals surface area contributed by atoms with Crippen molar-refractivity contribution in [2.75, 3.05) is 68.4 Å². The minimum Gasteiger partial charge on any atom is -0.455 e. The molecule has 1 amide bonds. The molecule has 12 rings (SSSR count). The summed E-state index contributed by atoms with van der Waals surface area (Å²) in [6.45, 7) is 4.66. The van der Waals surface area contributed by atoms with E-state index >= 15 is 0 Å². The van der Waals surface area contributed by atoms with Gasteiger partial charge in [0.15, 0.2) is 23.2 Å². The Morgan fingerprint density at radius 1 is 0.861 bits per heavy atom. The number of phosphoric ester groups is 1. The molecular formula is C53H66N10O13PS2+. The van der Waals surface area contributed by atoms with Crippen molar-refractivity contribution >= 4 is 68.1 Å². The number of fused-ring (bicyclic) bond motifs is 6. The van der Waals surface area contributed by atoms with Crippen LogP contribution >= 0.6 is 7.82 Å². The molecule has 0 bridgehead atoms. The molecule has 0 spiro atoms. The largest absolute Gasteiger partial charge is 0.472 e. The maximum atomic E-state index is 13.8. The number of aromatic nitrogens is 4. The molecule has 7 aliphatic heterocycles. The van der Waals surface area contributed by atoms with E-state index in [9.17, 15) is 40.7 Å². The molecule has 23 nitrogen and oxygen atoms in total. The number of nitrogens with zero attached hydrogens (tertiary/aromatic N) is 6. The molecule has 5 aromatic rings. The topological polar surface area (TPSA) is 312 Å². The van der Waals surface area contributed by atoms with Gasteiger partial charge >= 0.3 is 7.82 Å². The van der Waals surface area contributed by atoms with E-state index in [0.717, 1.165) is 131 Å². The van der Waals surface area contributed by atoms with Crippen LogP contribution in [0.15, 0.2) is 46.5 Å². The standard InChI is InChI=1S/C53H65N10O13PS2/c54-50-43-51(58-30-57-50)63(52-46(65)49-39(74-52)29-73-77(66,67)76-49)53(60-43)56-20-6-2-1-5-19-55-41(64)16-4-3-7-21-59-78(68,69)33-17-18-34(40(28-33)79(70,71)72)42-37-26-31-12-8-22-61-24-10-14-35(44(31)61)47(37)75-48-36-15-11-25-62-23-9-13-32(45(36)62)27-38(42)48/h17-18,26-28,30,39,46,49,52,59,65H,1-16,19-25,29H2,(H5-,54,55,56,57,58,60,64,66,67,70,71,72)/p+1/t39-,46-,49-,52-/m1/s1. The maximum Gasteiger partial charge on any atom is 0.472 e. The highest BCUT2D eigenvalue weighted by molar-refractivity contribution is 7.89. The van der Waals surface area contributed by atoms with Crippen LogP contribution in [0.4, 0.5) is 17.5 Å². The number of imidazole rings is 1. The lowest BCUT2D eigenvalue weighted by Crippen LogP contribution is -2.45. The Kier molecular flexibility index (Phi) is 14.8. The first-order valence-electron chi connectivity index (χ1n) is 27.6. The number of unbranched alkanes of at least 4 members (excludes halogenated alkanes) is 5. The van der Waals surface area contributed by atoms with Crippen molar-refractivity contribution in [2.45, 2.75) is 137 Å². The first-order chi connectivity index (χ1) is 38.0. The summed E-state index contributed by atoms with van der Waals surface area (Å²) in [5, 5.41) is 19.3. The number of sulfonamides is 1. The van der Waals surface area contributed by atoms with Crippen molar-refractivity contribution < 1.29 is 59.3 Å². The fraction of sp³-hybridized carbons (Fsp3) is 0.528. The summed E-state index contributed by atoms with van der Waals surface area (Å²) in [5.41, 5.74) is 14.1. The average Bonchev–Trinajstić information content (AvgIpc) is 3.87. The third kappa shape index (κ3) is 10.4. The SMILES string of the molecule is Nc1ncnc2c1nc(NCCCCCCNC(=O)CCCCCNS(=O)(=O)c1ccc(C3=c4cc5c6c(c4Oc4c3cc3c7c4CCCN7CCC3)CCC[N+]=6CCC5)c(S(=O)(=O)O)c1)n2[C@@H]1O[C@@H]2COP(=O)(O)O[C@H]2[C@H]1O. The zero-order valence-electron chi connectivity index (χ0n) is 43.7. The highest BCUT2D eigenvalue weighted by Crippen LogP contribution is 2.53. The van der Waals surface area contributed by atoms with E-state index in [-0.39, 0.29) is 47.3 Å². The fourth-order valence-corrected chi connectivity index (χ4v) is 15.6. The van der Waals surface area contributed by atoms with Crippen LogP contribution in [0, 0.1) is 0 Å². The number of nitrogens with two attached hydrogens (primary N) is 1. The van der Waals surface area contributed by atoms with Crippen LogP contribution in [0.25, 0.3) is 16.7 Å². The third-order valence-electron chi connectivity index (χ3n) is 16.3.